The van der Waals surface area contributed by atoms with Crippen LogP contribution in [0.4, 0.5) is 5.69 Å². The number of esters is 1. The molecule has 0 aliphatic heterocycles. The van der Waals surface area contributed by atoms with Crippen molar-refractivity contribution in [2.24, 2.45) is 0 Å². The number of para-hydroxylation sites is 1. The molecule has 5 heteroatoms. The molecule has 0 amide bonds. The second kappa shape index (κ2) is 7.61. The van der Waals surface area contributed by atoms with Crippen LogP contribution in [-0.2, 0) is 9.53 Å². The number of nitrogens with one attached hydrogen (secondary N) is 1. The maximum atomic E-state index is 11.6. The summed E-state index contributed by atoms with van der Waals surface area (Å²) in [6.45, 7) is 0. The molecule has 0 saturated heterocycles. The normalized spacial score (nSPS) is 11.9. The van der Waals surface area contributed by atoms with Crippen LogP contribution in [0.2, 0.25) is 0 Å². The van der Waals surface area contributed by atoms with Crippen molar-refractivity contribution in [1.82, 2.24) is 0 Å². The molecule has 0 radical (unpaired) electrons. The highest BCUT2D eigenvalue weighted by atomic mass is 79.9. The van der Waals surface area contributed by atoms with Gasteiger partial charge in [-0.2, -0.15) is 11.8 Å². The molecular formula is C12H16BrNO2S. The van der Waals surface area contributed by atoms with Crippen LogP contribution in [0.1, 0.15) is 6.42 Å². The Balaban J connectivity index is 2.72. The standard InChI is InChI=1S/C12H16BrNO2S/c1-16-12(15)11(7-8-17-2)14-10-6-4-3-5-9(10)13/h3-6,11,14H,7-8H2,1-2H3. The zero-order chi connectivity index (χ0) is 12.7. The summed E-state index contributed by atoms with van der Waals surface area (Å²) in [5.41, 5.74) is 0.906. The lowest BCUT2D eigenvalue weighted by Gasteiger charge is -2.18. The number of carbonyl (C=O) groups is 1. The number of methoxy groups -OCH3 is 1. The van der Waals surface area contributed by atoms with E-state index in [4.69, 9.17) is 4.74 Å². The van der Waals surface area contributed by atoms with E-state index in [1.807, 2.05) is 30.5 Å². The van der Waals surface area contributed by atoms with Crippen molar-refractivity contribution in [2.45, 2.75) is 12.5 Å². The zero-order valence-corrected chi connectivity index (χ0v) is 12.3. The van der Waals surface area contributed by atoms with Crippen molar-refractivity contribution in [3.05, 3.63) is 28.7 Å². The third-order valence-corrected chi connectivity index (χ3v) is 3.64. The van der Waals surface area contributed by atoms with Crippen LogP contribution < -0.4 is 5.32 Å². The second-order valence-corrected chi connectivity index (χ2v) is 5.32. The van der Waals surface area contributed by atoms with Gasteiger partial charge in [0, 0.05) is 10.2 Å². The molecule has 0 saturated carbocycles. The first-order chi connectivity index (χ1) is 8.19. The number of hydrogen-bond acceptors (Lipinski definition) is 4. The summed E-state index contributed by atoms with van der Waals surface area (Å²) in [6, 6.07) is 7.43. The third kappa shape index (κ3) is 4.60. The third-order valence-electron chi connectivity index (χ3n) is 2.30. The van der Waals surface area contributed by atoms with Gasteiger partial charge in [-0.05, 0) is 46.5 Å². The Bertz CT molecular complexity index is 373. The van der Waals surface area contributed by atoms with E-state index in [-0.39, 0.29) is 12.0 Å². The fourth-order valence-electron chi connectivity index (χ4n) is 1.39. The van der Waals surface area contributed by atoms with Gasteiger partial charge < -0.3 is 10.1 Å². The van der Waals surface area contributed by atoms with E-state index in [0.29, 0.717) is 0 Å². The van der Waals surface area contributed by atoms with Crippen molar-refractivity contribution in [2.75, 3.05) is 24.4 Å². The highest BCUT2D eigenvalue weighted by molar-refractivity contribution is 9.10. The van der Waals surface area contributed by atoms with Crippen LogP contribution in [0, 0.1) is 0 Å². The molecule has 0 bridgehead atoms. The number of rotatable bonds is 6. The zero-order valence-electron chi connectivity index (χ0n) is 9.90. The quantitative estimate of drug-likeness (QED) is 0.818. The first kappa shape index (κ1) is 14.4. The molecule has 0 fully saturated rings. The predicted molar refractivity (Wildman–Crippen MR) is 76.6 cm³/mol. The van der Waals surface area contributed by atoms with E-state index in [0.717, 1.165) is 22.3 Å². The van der Waals surface area contributed by atoms with Crippen molar-refractivity contribution in [3.8, 4) is 0 Å². The largest absolute Gasteiger partial charge is 0.467 e. The minimum Gasteiger partial charge on any atom is -0.467 e. The molecule has 17 heavy (non-hydrogen) atoms. The Hall–Kier alpha value is -0.680. The van der Waals surface area contributed by atoms with Gasteiger partial charge in [0.05, 0.1) is 7.11 Å². The molecule has 1 atom stereocenters. The smallest absolute Gasteiger partial charge is 0.328 e. The Morgan fingerprint density at radius 1 is 1.53 bits per heavy atom. The molecule has 1 unspecified atom stereocenters. The van der Waals surface area contributed by atoms with Gasteiger partial charge in [0.25, 0.3) is 0 Å². The van der Waals surface area contributed by atoms with Crippen LogP contribution in [0.15, 0.2) is 28.7 Å². The lowest BCUT2D eigenvalue weighted by molar-refractivity contribution is -0.141. The van der Waals surface area contributed by atoms with Gasteiger partial charge in [0.15, 0.2) is 0 Å². The van der Waals surface area contributed by atoms with Crippen molar-refractivity contribution >= 4 is 39.3 Å². The summed E-state index contributed by atoms with van der Waals surface area (Å²) in [5, 5.41) is 3.20. The summed E-state index contributed by atoms with van der Waals surface area (Å²) >= 11 is 5.16. The summed E-state index contributed by atoms with van der Waals surface area (Å²) in [6.07, 6.45) is 2.77. The summed E-state index contributed by atoms with van der Waals surface area (Å²) < 4.78 is 5.74. The Morgan fingerprint density at radius 3 is 2.82 bits per heavy atom. The van der Waals surface area contributed by atoms with Gasteiger partial charge in [0.1, 0.15) is 6.04 Å². The van der Waals surface area contributed by atoms with Crippen molar-refractivity contribution < 1.29 is 9.53 Å². The molecule has 1 aromatic carbocycles. The minimum absolute atomic E-state index is 0.227. The maximum Gasteiger partial charge on any atom is 0.328 e. The molecule has 94 valence electrons. The molecule has 0 aromatic heterocycles. The lowest BCUT2D eigenvalue weighted by atomic mass is 10.2. The molecule has 1 N–H and O–H groups in total. The SMILES string of the molecule is COC(=O)C(CCSC)Nc1ccccc1Br. The number of benzene rings is 1. The van der Waals surface area contributed by atoms with Crippen LogP contribution in [0.25, 0.3) is 0 Å². The molecule has 0 aliphatic carbocycles. The summed E-state index contributed by atoms with van der Waals surface area (Å²) in [4.78, 5) is 11.6. The van der Waals surface area contributed by atoms with E-state index >= 15 is 0 Å². The van der Waals surface area contributed by atoms with Crippen LogP contribution in [0.3, 0.4) is 0 Å². The van der Waals surface area contributed by atoms with Crippen LogP contribution in [0.5, 0.6) is 0 Å². The Morgan fingerprint density at radius 2 is 2.24 bits per heavy atom. The first-order valence-electron chi connectivity index (χ1n) is 5.27. The highest BCUT2D eigenvalue weighted by Gasteiger charge is 2.18. The molecule has 0 spiro atoms. The molecular weight excluding hydrogens is 302 g/mol. The average molecular weight is 318 g/mol. The summed E-state index contributed by atoms with van der Waals surface area (Å²) in [5.74, 6) is 0.687. The fraction of sp³-hybridized carbons (Fsp3) is 0.417. The number of anilines is 1. The van der Waals surface area contributed by atoms with Crippen molar-refractivity contribution in [1.29, 1.82) is 0 Å². The molecule has 0 aliphatic rings. The number of thioether (sulfide) groups is 1. The van der Waals surface area contributed by atoms with Gasteiger partial charge in [0.2, 0.25) is 0 Å². The Labute approximate surface area is 114 Å². The van der Waals surface area contributed by atoms with Gasteiger partial charge in [-0.3, -0.25) is 0 Å². The van der Waals surface area contributed by atoms with E-state index in [1.165, 1.54) is 7.11 Å². The predicted octanol–water partition coefficient (Wildman–Crippen LogP) is 3.16. The number of hydrogen-bond donors (Lipinski definition) is 1. The van der Waals surface area contributed by atoms with Gasteiger partial charge in [-0.25, -0.2) is 4.79 Å². The summed E-state index contributed by atoms with van der Waals surface area (Å²) in [7, 11) is 1.41. The van der Waals surface area contributed by atoms with Gasteiger partial charge >= 0.3 is 5.97 Å². The first-order valence-corrected chi connectivity index (χ1v) is 7.45. The van der Waals surface area contributed by atoms with E-state index in [1.54, 1.807) is 11.8 Å². The minimum atomic E-state index is -0.300. The number of ether oxygens (including phenoxy) is 1. The molecule has 1 rings (SSSR count). The maximum absolute atomic E-state index is 11.6. The molecule has 3 nitrogen and oxygen atoms in total. The van der Waals surface area contributed by atoms with E-state index in [9.17, 15) is 4.79 Å². The second-order valence-electron chi connectivity index (χ2n) is 3.48. The average Bonchev–Trinajstić information content (AvgIpc) is 2.35. The van der Waals surface area contributed by atoms with Crippen molar-refractivity contribution in [3.63, 3.8) is 0 Å². The monoisotopic (exact) mass is 317 g/mol. The number of halogens is 1. The van der Waals surface area contributed by atoms with Gasteiger partial charge in [-0.15, -0.1) is 0 Å². The number of carbonyl (C=O) groups excluding carboxylic acids is 1. The van der Waals surface area contributed by atoms with Crippen LogP contribution >= 0.6 is 27.7 Å². The fourth-order valence-corrected chi connectivity index (χ4v) is 2.26. The van der Waals surface area contributed by atoms with E-state index < -0.39 is 0 Å². The van der Waals surface area contributed by atoms with Crippen LogP contribution in [-0.4, -0.2) is 31.1 Å². The highest BCUT2D eigenvalue weighted by Crippen LogP contribution is 2.23. The topological polar surface area (TPSA) is 38.3 Å². The van der Waals surface area contributed by atoms with E-state index in [2.05, 4.69) is 21.2 Å². The molecule has 1 aromatic rings. The van der Waals surface area contributed by atoms with Gasteiger partial charge in [-0.1, -0.05) is 12.1 Å². The molecule has 0 heterocycles. The lowest BCUT2D eigenvalue weighted by Crippen LogP contribution is -2.31. The Kier molecular flexibility index (Phi) is 6.44.